The number of fused-ring (bicyclic) bond motifs is 1. The molecular weight excluding hydrogens is 423 g/mol. The molecule has 0 bridgehead atoms. The second-order valence-corrected chi connectivity index (χ2v) is 7.68. The molecule has 0 atom stereocenters. The number of nitriles is 1. The lowest BCUT2D eigenvalue weighted by Crippen LogP contribution is -2.36. The van der Waals surface area contributed by atoms with E-state index >= 15 is 0 Å². The number of halogens is 1. The summed E-state index contributed by atoms with van der Waals surface area (Å²) in [5, 5.41) is 13.3. The SMILES string of the molecule is Cc1cc2c(F)c(Oc3ncnc(Nc4ccc(N5CCOCC5)cc4)c3C#N)ccc2[nH]1. The number of aryl methyl sites for hydroxylation is 1. The Labute approximate surface area is 189 Å². The highest BCUT2D eigenvalue weighted by Gasteiger charge is 2.18. The zero-order valence-electron chi connectivity index (χ0n) is 17.9. The first-order valence-electron chi connectivity index (χ1n) is 10.5. The third-order valence-electron chi connectivity index (χ3n) is 5.47. The molecule has 9 heteroatoms. The number of H-pyrrole nitrogens is 1. The van der Waals surface area contributed by atoms with Crippen LogP contribution in [0.5, 0.6) is 11.6 Å². The summed E-state index contributed by atoms with van der Waals surface area (Å²) < 4.78 is 26.0. The molecule has 0 saturated carbocycles. The third kappa shape index (κ3) is 4.16. The van der Waals surface area contributed by atoms with Crippen LogP contribution in [0.3, 0.4) is 0 Å². The van der Waals surface area contributed by atoms with Gasteiger partial charge in [-0.25, -0.2) is 14.4 Å². The van der Waals surface area contributed by atoms with Gasteiger partial charge in [-0.2, -0.15) is 5.26 Å². The number of morpholine rings is 1. The minimum Gasteiger partial charge on any atom is -0.434 e. The van der Waals surface area contributed by atoms with E-state index < -0.39 is 5.82 Å². The summed E-state index contributed by atoms with van der Waals surface area (Å²) >= 11 is 0. The van der Waals surface area contributed by atoms with E-state index in [4.69, 9.17) is 9.47 Å². The lowest BCUT2D eigenvalue weighted by molar-refractivity contribution is 0.122. The van der Waals surface area contributed by atoms with Crippen molar-refractivity contribution < 1.29 is 13.9 Å². The van der Waals surface area contributed by atoms with Crippen molar-refractivity contribution >= 4 is 28.1 Å². The summed E-state index contributed by atoms with van der Waals surface area (Å²) in [4.78, 5) is 13.6. The summed E-state index contributed by atoms with van der Waals surface area (Å²) in [5.41, 5.74) is 3.44. The van der Waals surface area contributed by atoms with Crippen LogP contribution in [0.1, 0.15) is 11.3 Å². The van der Waals surface area contributed by atoms with Gasteiger partial charge in [-0.15, -0.1) is 0 Å². The summed E-state index contributed by atoms with van der Waals surface area (Å²) in [5.74, 6) is -0.281. The second kappa shape index (κ2) is 8.76. The van der Waals surface area contributed by atoms with E-state index in [2.05, 4.69) is 31.2 Å². The highest BCUT2D eigenvalue weighted by atomic mass is 19.1. The first kappa shape index (κ1) is 20.7. The number of aromatic amines is 1. The normalized spacial score (nSPS) is 13.7. The molecule has 1 fully saturated rings. The molecule has 2 aromatic heterocycles. The third-order valence-corrected chi connectivity index (χ3v) is 5.47. The van der Waals surface area contributed by atoms with Crippen molar-refractivity contribution in [2.45, 2.75) is 6.92 Å². The minimum absolute atomic E-state index is 0.0162. The molecule has 166 valence electrons. The lowest BCUT2D eigenvalue weighted by Gasteiger charge is -2.28. The molecule has 8 nitrogen and oxygen atoms in total. The summed E-state index contributed by atoms with van der Waals surface area (Å²) in [6, 6.07) is 14.8. The maximum absolute atomic E-state index is 14.9. The Morgan fingerprint density at radius 1 is 1.15 bits per heavy atom. The number of hydrogen-bond donors (Lipinski definition) is 2. The average molecular weight is 444 g/mol. The Kier molecular flexibility index (Phi) is 5.50. The molecule has 0 amide bonds. The lowest BCUT2D eigenvalue weighted by atomic mass is 10.2. The smallest absolute Gasteiger partial charge is 0.242 e. The molecule has 2 aromatic carbocycles. The van der Waals surface area contributed by atoms with Crippen LogP contribution in [0.15, 0.2) is 48.8 Å². The van der Waals surface area contributed by atoms with Crippen molar-refractivity contribution in [2.75, 3.05) is 36.5 Å². The Hall–Kier alpha value is -4.16. The number of hydrogen-bond acceptors (Lipinski definition) is 7. The van der Waals surface area contributed by atoms with Crippen LogP contribution in [-0.4, -0.2) is 41.3 Å². The van der Waals surface area contributed by atoms with Gasteiger partial charge in [0.15, 0.2) is 22.9 Å². The molecule has 5 rings (SSSR count). The monoisotopic (exact) mass is 444 g/mol. The first-order chi connectivity index (χ1) is 16.1. The van der Waals surface area contributed by atoms with Crippen LogP contribution in [0, 0.1) is 24.1 Å². The van der Waals surface area contributed by atoms with Crippen molar-refractivity contribution in [1.82, 2.24) is 15.0 Å². The van der Waals surface area contributed by atoms with E-state index in [9.17, 15) is 9.65 Å². The molecule has 0 spiro atoms. The van der Waals surface area contributed by atoms with Crippen LogP contribution >= 0.6 is 0 Å². The quantitative estimate of drug-likeness (QED) is 0.462. The van der Waals surface area contributed by atoms with Gasteiger partial charge >= 0.3 is 0 Å². The molecule has 1 aliphatic heterocycles. The summed E-state index contributed by atoms with van der Waals surface area (Å²) in [7, 11) is 0. The van der Waals surface area contributed by atoms with E-state index in [1.54, 1.807) is 12.1 Å². The predicted octanol–water partition coefficient (Wildman–Crippen LogP) is 4.65. The van der Waals surface area contributed by atoms with E-state index in [0.29, 0.717) is 24.1 Å². The fraction of sp³-hybridized carbons (Fsp3) is 0.208. The number of ether oxygens (including phenoxy) is 2. The fourth-order valence-corrected chi connectivity index (χ4v) is 3.83. The van der Waals surface area contributed by atoms with Gasteiger partial charge in [-0.1, -0.05) is 0 Å². The van der Waals surface area contributed by atoms with Crippen molar-refractivity contribution in [2.24, 2.45) is 0 Å². The van der Waals surface area contributed by atoms with Gasteiger partial charge in [0.25, 0.3) is 0 Å². The number of aromatic nitrogens is 3. The van der Waals surface area contributed by atoms with Crippen LogP contribution in [-0.2, 0) is 4.74 Å². The Bertz CT molecular complexity index is 1340. The number of benzene rings is 2. The Balaban J connectivity index is 1.39. The zero-order chi connectivity index (χ0) is 22.8. The van der Waals surface area contributed by atoms with Gasteiger partial charge in [0.05, 0.1) is 13.2 Å². The molecule has 0 aliphatic carbocycles. The molecule has 2 N–H and O–H groups in total. The molecule has 0 radical (unpaired) electrons. The molecule has 1 aliphatic rings. The van der Waals surface area contributed by atoms with Gasteiger partial charge in [0, 0.05) is 41.1 Å². The van der Waals surface area contributed by atoms with Gasteiger partial charge < -0.3 is 24.7 Å². The van der Waals surface area contributed by atoms with Gasteiger partial charge in [0.2, 0.25) is 5.88 Å². The number of anilines is 3. The van der Waals surface area contributed by atoms with Gasteiger partial charge in [-0.3, -0.25) is 0 Å². The molecule has 33 heavy (non-hydrogen) atoms. The molecule has 0 unspecified atom stereocenters. The molecule has 4 aromatic rings. The number of nitrogens with zero attached hydrogens (tertiary/aromatic N) is 4. The highest BCUT2D eigenvalue weighted by Crippen LogP contribution is 2.33. The highest BCUT2D eigenvalue weighted by molar-refractivity contribution is 5.83. The average Bonchev–Trinajstić information content (AvgIpc) is 3.23. The topological polar surface area (TPSA) is 99.1 Å². The molecule has 1 saturated heterocycles. The largest absolute Gasteiger partial charge is 0.434 e. The van der Waals surface area contributed by atoms with Crippen LogP contribution in [0.4, 0.5) is 21.6 Å². The summed E-state index contributed by atoms with van der Waals surface area (Å²) in [6.45, 7) is 4.98. The standard InChI is InChI=1S/C24H21FN6O2/c1-15-12-18-20(29-15)6-7-21(22(18)25)33-24-19(13-26)23(27-14-28-24)30-16-2-4-17(5-3-16)31-8-10-32-11-9-31/h2-7,12,14,29H,8-11H2,1H3,(H,27,28,30). The van der Waals surface area contributed by atoms with Gasteiger partial charge in [0.1, 0.15) is 12.4 Å². The van der Waals surface area contributed by atoms with E-state index in [1.165, 1.54) is 12.4 Å². The van der Waals surface area contributed by atoms with Gasteiger partial charge in [-0.05, 0) is 49.4 Å². The predicted molar refractivity (Wildman–Crippen MR) is 123 cm³/mol. The fourth-order valence-electron chi connectivity index (χ4n) is 3.83. The molecular formula is C24H21FN6O2. The van der Waals surface area contributed by atoms with Crippen LogP contribution in [0.25, 0.3) is 10.9 Å². The Morgan fingerprint density at radius 2 is 1.94 bits per heavy atom. The first-order valence-corrected chi connectivity index (χ1v) is 10.5. The maximum Gasteiger partial charge on any atom is 0.242 e. The van der Waals surface area contributed by atoms with E-state index in [0.717, 1.165) is 30.2 Å². The van der Waals surface area contributed by atoms with E-state index in [-0.39, 0.29) is 23.0 Å². The Morgan fingerprint density at radius 3 is 2.70 bits per heavy atom. The van der Waals surface area contributed by atoms with Crippen LogP contribution in [0.2, 0.25) is 0 Å². The number of rotatable bonds is 5. The van der Waals surface area contributed by atoms with Crippen molar-refractivity contribution in [3.8, 4) is 17.7 Å². The zero-order valence-corrected chi connectivity index (χ0v) is 17.9. The van der Waals surface area contributed by atoms with Crippen LogP contribution < -0.4 is 15.0 Å². The minimum atomic E-state index is -0.521. The molecule has 3 heterocycles. The maximum atomic E-state index is 14.9. The van der Waals surface area contributed by atoms with Crippen molar-refractivity contribution in [1.29, 1.82) is 5.26 Å². The van der Waals surface area contributed by atoms with Crippen molar-refractivity contribution in [3.63, 3.8) is 0 Å². The number of nitrogens with one attached hydrogen (secondary N) is 2. The summed E-state index contributed by atoms with van der Waals surface area (Å²) in [6.07, 6.45) is 1.28. The second-order valence-electron chi connectivity index (χ2n) is 7.68. The van der Waals surface area contributed by atoms with Crippen molar-refractivity contribution in [3.05, 3.63) is 65.9 Å². The van der Waals surface area contributed by atoms with E-state index in [1.807, 2.05) is 31.2 Å².